The summed E-state index contributed by atoms with van der Waals surface area (Å²) in [5, 5.41) is 11.3. The summed E-state index contributed by atoms with van der Waals surface area (Å²) in [7, 11) is 0. The van der Waals surface area contributed by atoms with Crippen LogP contribution in [0.4, 0.5) is 5.69 Å². The third-order valence-corrected chi connectivity index (χ3v) is 6.90. The van der Waals surface area contributed by atoms with Gasteiger partial charge in [-0.05, 0) is 49.5 Å². The maximum atomic E-state index is 13.6. The minimum absolute atomic E-state index is 0.107. The van der Waals surface area contributed by atoms with Gasteiger partial charge in [0.1, 0.15) is 10.9 Å². The van der Waals surface area contributed by atoms with E-state index < -0.39 is 12.0 Å². The predicted molar refractivity (Wildman–Crippen MR) is 111 cm³/mol. The van der Waals surface area contributed by atoms with Crippen LogP contribution < -0.4 is 4.90 Å². The van der Waals surface area contributed by atoms with Gasteiger partial charge in [0.2, 0.25) is 11.8 Å². The highest BCUT2D eigenvalue weighted by atomic mass is 32.1. The van der Waals surface area contributed by atoms with Crippen LogP contribution in [0.25, 0.3) is 0 Å². The molecule has 7 nitrogen and oxygen atoms in total. The van der Waals surface area contributed by atoms with Gasteiger partial charge in [0, 0.05) is 19.0 Å². The molecule has 1 saturated carbocycles. The van der Waals surface area contributed by atoms with E-state index in [1.165, 1.54) is 4.90 Å². The van der Waals surface area contributed by atoms with Gasteiger partial charge >= 0.3 is 5.97 Å². The average molecular weight is 423 g/mol. The van der Waals surface area contributed by atoms with Crippen molar-refractivity contribution in [1.82, 2.24) is 4.90 Å². The molecule has 0 unspecified atom stereocenters. The van der Waals surface area contributed by atoms with E-state index in [2.05, 4.69) is 6.92 Å². The molecule has 29 heavy (non-hydrogen) atoms. The van der Waals surface area contributed by atoms with Crippen LogP contribution in [-0.2, 0) is 14.3 Å². The van der Waals surface area contributed by atoms with Crippen LogP contribution in [0.3, 0.4) is 0 Å². The maximum Gasteiger partial charge on any atom is 0.348 e. The van der Waals surface area contributed by atoms with Gasteiger partial charge in [0.15, 0.2) is 0 Å². The second kappa shape index (κ2) is 9.71. The van der Waals surface area contributed by atoms with Crippen molar-refractivity contribution in [2.24, 2.45) is 11.8 Å². The van der Waals surface area contributed by atoms with Crippen LogP contribution in [0, 0.1) is 11.8 Å². The number of carboxylic acid groups (broad SMARTS) is 1. The molecule has 0 spiro atoms. The lowest BCUT2D eigenvalue weighted by atomic mass is 9.82. The van der Waals surface area contributed by atoms with Gasteiger partial charge in [-0.2, -0.15) is 0 Å². The number of nitrogens with zero attached hydrogens (tertiary/aromatic N) is 2. The first kappa shape index (κ1) is 21.8. The summed E-state index contributed by atoms with van der Waals surface area (Å²) in [5.74, 6) is -0.889. The van der Waals surface area contributed by atoms with Gasteiger partial charge < -0.3 is 14.7 Å². The number of hydrogen-bond donors (Lipinski definition) is 1. The Hall–Kier alpha value is -1.93. The molecule has 1 N–H and O–H groups in total. The van der Waals surface area contributed by atoms with Gasteiger partial charge in [0.05, 0.1) is 18.9 Å². The van der Waals surface area contributed by atoms with E-state index in [1.807, 2.05) is 6.92 Å². The van der Waals surface area contributed by atoms with Crippen LogP contribution in [0.15, 0.2) is 11.4 Å². The Morgan fingerprint density at radius 2 is 1.90 bits per heavy atom. The maximum absolute atomic E-state index is 13.6. The first-order chi connectivity index (χ1) is 13.9. The standard InChI is InChI=1S/C21H30N2O5S/c1-3-16(20(25)22-9-11-28-12-10-22)23(17-8-13-29-18(17)21(26)27)19(24)15-6-4-14(2)5-7-15/h8,13-16H,3-7,9-12H2,1-2H3,(H,26,27)/t14?,15?,16-/m1/s1. The number of carbonyl (C=O) groups excluding carboxylic acids is 2. The van der Waals surface area contributed by atoms with Gasteiger partial charge in [-0.3, -0.25) is 14.5 Å². The molecule has 0 aromatic carbocycles. The molecule has 8 heteroatoms. The molecule has 0 radical (unpaired) electrons. The Balaban J connectivity index is 1.94. The van der Waals surface area contributed by atoms with E-state index in [0.29, 0.717) is 44.3 Å². The Morgan fingerprint density at radius 1 is 1.24 bits per heavy atom. The summed E-state index contributed by atoms with van der Waals surface area (Å²) in [4.78, 5) is 42.0. The zero-order chi connectivity index (χ0) is 21.0. The van der Waals surface area contributed by atoms with Crippen LogP contribution in [0.1, 0.15) is 55.6 Å². The Morgan fingerprint density at radius 3 is 2.48 bits per heavy atom. The van der Waals surface area contributed by atoms with E-state index in [0.717, 1.165) is 37.0 Å². The smallest absolute Gasteiger partial charge is 0.348 e. The molecule has 2 amide bonds. The Kier molecular flexibility index (Phi) is 7.29. The highest BCUT2D eigenvalue weighted by molar-refractivity contribution is 7.12. The molecule has 1 aromatic rings. The highest BCUT2D eigenvalue weighted by Gasteiger charge is 2.39. The molecular formula is C21H30N2O5S. The summed E-state index contributed by atoms with van der Waals surface area (Å²) >= 11 is 1.09. The molecule has 160 valence electrons. The zero-order valence-corrected chi connectivity index (χ0v) is 18.0. The topological polar surface area (TPSA) is 87.2 Å². The number of morpholine rings is 1. The molecule has 3 rings (SSSR count). The first-order valence-electron chi connectivity index (χ1n) is 10.4. The number of hydrogen-bond acceptors (Lipinski definition) is 5. The lowest BCUT2D eigenvalue weighted by Crippen LogP contribution is -2.55. The van der Waals surface area contributed by atoms with Crippen molar-refractivity contribution < 1.29 is 24.2 Å². The summed E-state index contributed by atoms with van der Waals surface area (Å²) in [6.07, 6.45) is 3.96. The lowest BCUT2D eigenvalue weighted by molar-refractivity contribution is -0.139. The van der Waals surface area contributed by atoms with Crippen LogP contribution in [0.2, 0.25) is 0 Å². The number of thiophene rings is 1. The molecule has 1 aliphatic carbocycles. The second-order valence-corrected chi connectivity index (χ2v) is 8.88. The molecule has 1 aromatic heterocycles. The molecule has 1 atom stereocenters. The van der Waals surface area contributed by atoms with Gasteiger partial charge in [-0.25, -0.2) is 4.79 Å². The van der Waals surface area contributed by atoms with Crippen molar-refractivity contribution in [3.63, 3.8) is 0 Å². The number of carboxylic acids is 1. The molecule has 2 fully saturated rings. The number of carbonyl (C=O) groups is 3. The molecule has 1 aliphatic heterocycles. The fourth-order valence-electron chi connectivity index (χ4n) is 4.26. The fraction of sp³-hybridized carbons (Fsp3) is 0.667. The zero-order valence-electron chi connectivity index (χ0n) is 17.1. The van der Waals surface area contributed by atoms with E-state index in [1.54, 1.807) is 16.3 Å². The van der Waals surface area contributed by atoms with Crippen molar-refractivity contribution in [1.29, 1.82) is 0 Å². The summed E-state index contributed by atoms with van der Waals surface area (Å²) in [6, 6.07) is 0.958. The van der Waals surface area contributed by atoms with E-state index in [4.69, 9.17) is 4.74 Å². The fourth-order valence-corrected chi connectivity index (χ4v) is 4.98. The normalized spacial score (nSPS) is 23.4. The van der Waals surface area contributed by atoms with E-state index in [-0.39, 0.29) is 22.6 Å². The first-order valence-corrected chi connectivity index (χ1v) is 11.3. The molecule has 0 bridgehead atoms. The number of ether oxygens (including phenoxy) is 1. The second-order valence-electron chi connectivity index (χ2n) is 7.97. The van der Waals surface area contributed by atoms with Crippen molar-refractivity contribution in [2.75, 3.05) is 31.2 Å². The predicted octanol–water partition coefficient (Wildman–Crippen LogP) is 3.24. The van der Waals surface area contributed by atoms with Crippen LogP contribution in [0.5, 0.6) is 0 Å². The van der Waals surface area contributed by atoms with Crippen molar-refractivity contribution in [3.05, 3.63) is 16.3 Å². The number of aromatic carboxylic acids is 1. The highest BCUT2D eigenvalue weighted by Crippen LogP contribution is 2.35. The molecule has 2 aliphatic rings. The van der Waals surface area contributed by atoms with E-state index >= 15 is 0 Å². The average Bonchev–Trinajstić information content (AvgIpc) is 3.22. The van der Waals surface area contributed by atoms with Gasteiger partial charge in [0.25, 0.3) is 0 Å². The molecule has 2 heterocycles. The monoisotopic (exact) mass is 422 g/mol. The van der Waals surface area contributed by atoms with Crippen LogP contribution >= 0.6 is 11.3 Å². The quantitative estimate of drug-likeness (QED) is 0.760. The van der Waals surface area contributed by atoms with Crippen molar-refractivity contribution >= 4 is 34.8 Å². The molecular weight excluding hydrogens is 392 g/mol. The number of anilines is 1. The summed E-state index contributed by atoms with van der Waals surface area (Å²) in [6.45, 7) is 6.02. The Labute approximate surface area is 175 Å². The van der Waals surface area contributed by atoms with Gasteiger partial charge in [-0.1, -0.05) is 13.8 Å². The van der Waals surface area contributed by atoms with Crippen molar-refractivity contribution in [2.45, 2.75) is 52.0 Å². The summed E-state index contributed by atoms with van der Waals surface area (Å²) in [5.41, 5.74) is 0.347. The third-order valence-electron chi connectivity index (χ3n) is 6.01. The lowest BCUT2D eigenvalue weighted by Gasteiger charge is -2.38. The molecule has 1 saturated heterocycles. The number of amides is 2. The SMILES string of the molecule is CC[C@H](C(=O)N1CCOCC1)N(C(=O)C1CCC(C)CC1)c1ccsc1C(=O)O. The Bertz CT molecular complexity index is 735. The van der Waals surface area contributed by atoms with E-state index in [9.17, 15) is 19.5 Å². The minimum atomic E-state index is -1.07. The third kappa shape index (κ3) is 4.80. The largest absolute Gasteiger partial charge is 0.477 e. The summed E-state index contributed by atoms with van der Waals surface area (Å²) < 4.78 is 5.35. The van der Waals surface area contributed by atoms with Gasteiger partial charge in [-0.15, -0.1) is 11.3 Å². The number of rotatable bonds is 6. The van der Waals surface area contributed by atoms with Crippen LogP contribution in [-0.4, -0.2) is 60.1 Å². The minimum Gasteiger partial charge on any atom is -0.477 e. The van der Waals surface area contributed by atoms with Crippen molar-refractivity contribution in [3.8, 4) is 0 Å².